The molecule has 162 valence electrons. The van der Waals surface area contributed by atoms with Crippen molar-refractivity contribution in [3.05, 3.63) is 52.3 Å². The van der Waals surface area contributed by atoms with Gasteiger partial charge < -0.3 is 18.8 Å². The van der Waals surface area contributed by atoms with E-state index in [-0.39, 0.29) is 6.54 Å². The fourth-order valence-corrected chi connectivity index (χ4v) is 4.51. The second-order valence-corrected chi connectivity index (χ2v) is 8.24. The van der Waals surface area contributed by atoms with Crippen LogP contribution in [0.2, 0.25) is 0 Å². The van der Waals surface area contributed by atoms with Gasteiger partial charge in [0.25, 0.3) is 5.91 Å². The average Bonchev–Trinajstić information content (AvgIpc) is 3.13. The van der Waals surface area contributed by atoms with Crippen LogP contribution in [-0.2, 0) is 22.5 Å². The summed E-state index contributed by atoms with van der Waals surface area (Å²) in [5.41, 5.74) is 2.48. The molecule has 2 aromatic carbocycles. The number of aromatic nitrogens is 1. The van der Waals surface area contributed by atoms with E-state index in [1.165, 1.54) is 24.0 Å². The van der Waals surface area contributed by atoms with Gasteiger partial charge in [0.05, 0.1) is 17.3 Å². The molecule has 4 rings (SSSR count). The number of esters is 1. The number of nitrogens with zero attached hydrogens (tertiary/aromatic N) is 2. The van der Waals surface area contributed by atoms with Crippen LogP contribution in [-0.4, -0.2) is 36.8 Å². The number of amides is 1. The summed E-state index contributed by atoms with van der Waals surface area (Å²) in [4.78, 5) is 29.7. The van der Waals surface area contributed by atoms with Crippen LogP contribution in [0.5, 0.6) is 11.5 Å². The normalized spacial score (nSPS) is 13.4. The monoisotopic (exact) mass is 440 g/mol. The van der Waals surface area contributed by atoms with Crippen LogP contribution < -0.4 is 14.3 Å². The van der Waals surface area contributed by atoms with Gasteiger partial charge in [0.15, 0.2) is 16.3 Å². The van der Waals surface area contributed by atoms with E-state index in [1.54, 1.807) is 22.8 Å². The number of aryl methyl sites for hydroxylation is 1. The van der Waals surface area contributed by atoms with Gasteiger partial charge in [-0.05, 0) is 48.7 Å². The molecular weight excluding hydrogens is 416 g/mol. The lowest BCUT2D eigenvalue weighted by molar-refractivity contribution is -0.141. The Morgan fingerprint density at radius 2 is 1.94 bits per heavy atom. The molecule has 0 aliphatic carbocycles. The van der Waals surface area contributed by atoms with Crippen LogP contribution in [0.3, 0.4) is 0 Å². The van der Waals surface area contributed by atoms with E-state index in [0.29, 0.717) is 35.1 Å². The highest BCUT2D eigenvalue weighted by molar-refractivity contribution is 7.16. The standard InChI is InChI=1S/C23H24N2O5S/c1-3-4-5-15-6-8-17-20(12-15)31-23(25(17)14-21(26)28-2)24-22(27)16-7-9-18-19(13-16)30-11-10-29-18/h6-9,12-13H,3-5,10-11,14H2,1-2H3. The largest absolute Gasteiger partial charge is 0.486 e. The number of carbonyl (C=O) groups is 2. The van der Waals surface area contributed by atoms with Crippen molar-refractivity contribution in [1.82, 2.24) is 4.57 Å². The van der Waals surface area contributed by atoms with E-state index in [4.69, 9.17) is 14.2 Å². The van der Waals surface area contributed by atoms with Crippen LogP contribution >= 0.6 is 11.3 Å². The first-order valence-electron chi connectivity index (χ1n) is 10.3. The maximum atomic E-state index is 12.9. The number of ether oxygens (including phenoxy) is 3. The SMILES string of the molecule is CCCCc1ccc2c(c1)sc(=NC(=O)c1ccc3c(c1)OCCO3)n2CC(=O)OC. The van der Waals surface area contributed by atoms with Crippen molar-refractivity contribution in [2.24, 2.45) is 4.99 Å². The van der Waals surface area contributed by atoms with Crippen molar-refractivity contribution >= 4 is 33.4 Å². The molecule has 0 saturated carbocycles. The van der Waals surface area contributed by atoms with Gasteiger partial charge in [0, 0.05) is 5.56 Å². The van der Waals surface area contributed by atoms with Crippen molar-refractivity contribution in [3.63, 3.8) is 0 Å². The van der Waals surface area contributed by atoms with Crippen LogP contribution in [0.25, 0.3) is 10.2 Å². The average molecular weight is 441 g/mol. The van der Waals surface area contributed by atoms with Crippen LogP contribution in [0.15, 0.2) is 41.4 Å². The number of hydrogen-bond donors (Lipinski definition) is 0. The molecule has 8 heteroatoms. The fraction of sp³-hybridized carbons (Fsp3) is 0.348. The molecule has 0 bridgehead atoms. The highest BCUT2D eigenvalue weighted by Crippen LogP contribution is 2.31. The van der Waals surface area contributed by atoms with E-state index >= 15 is 0 Å². The second-order valence-electron chi connectivity index (χ2n) is 7.23. The highest BCUT2D eigenvalue weighted by atomic mass is 32.1. The minimum absolute atomic E-state index is 0.0158. The molecule has 0 saturated heterocycles. The molecular formula is C23H24N2O5S. The van der Waals surface area contributed by atoms with Gasteiger partial charge in [-0.25, -0.2) is 0 Å². The fourth-order valence-electron chi connectivity index (χ4n) is 3.41. The van der Waals surface area contributed by atoms with Crippen molar-refractivity contribution < 1.29 is 23.8 Å². The number of unbranched alkanes of at least 4 members (excludes halogenated alkanes) is 1. The zero-order chi connectivity index (χ0) is 21.8. The maximum absolute atomic E-state index is 12.9. The molecule has 3 aromatic rings. The summed E-state index contributed by atoms with van der Waals surface area (Å²) < 4.78 is 18.6. The van der Waals surface area contributed by atoms with Gasteiger partial charge >= 0.3 is 5.97 Å². The van der Waals surface area contributed by atoms with Gasteiger partial charge in [0.2, 0.25) is 0 Å². The smallest absolute Gasteiger partial charge is 0.325 e. The Morgan fingerprint density at radius 1 is 1.13 bits per heavy atom. The Bertz CT molecular complexity index is 1190. The number of fused-ring (bicyclic) bond motifs is 2. The third-order valence-electron chi connectivity index (χ3n) is 5.07. The molecule has 0 spiro atoms. The maximum Gasteiger partial charge on any atom is 0.325 e. The van der Waals surface area contributed by atoms with Gasteiger partial charge in [-0.2, -0.15) is 4.99 Å². The first-order valence-corrected chi connectivity index (χ1v) is 11.1. The molecule has 0 N–H and O–H groups in total. The molecule has 2 heterocycles. The summed E-state index contributed by atoms with van der Waals surface area (Å²) in [5, 5.41) is 0. The van der Waals surface area contributed by atoms with Crippen LogP contribution in [0.1, 0.15) is 35.7 Å². The predicted molar refractivity (Wildman–Crippen MR) is 118 cm³/mol. The van der Waals surface area contributed by atoms with E-state index < -0.39 is 11.9 Å². The van der Waals surface area contributed by atoms with E-state index in [1.807, 2.05) is 6.07 Å². The summed E-state index contributed by atoms with van der Waals surface area (Å²) in [6.45, 7) is 3.07. The third kappa shape index (κ3) is 4.64. The Labute approximate surface area is 183 Å². The van der Waals surface area contributed by atoms with Crippen molar-refractivity contribution in [1.29, 1.82) is 0 Å². The van der Waals surface area contributed by atoms with Gasteiger partial charge in [0.1, 0.15) is 19.8 Å². The van der Waals surface area contributed by atoms with E-state index in [0.717, 1.165) is 29.5 Å². The van der Waals surface area contributed by atoms with Crippen LogP contribution in [0.4, 0.5) is 0 Å². The molecule has 0 fully saturated rings. The zero-order valence-electron chi connectivity index (χ0n) is 17.6. The summed E-state index contributed by atoms with van der Waals surface area (Å²) >= 11 is 1.39. The quantitative estimate of drug-likeness (QED) is 0.546. The Morgan fingerprint density at radius 3 is 2.71 bits per heavy atom. The number of thiazole rings is 1. The number of rotatable bonds is 6. The predicted octanol–water partition coefficient (Wildman–Crippen LogP) is 3.73. The molecule has 7 nitrogen and oxygen atoms in total. The lowest BCUT2D eigenvalue weighted by Crippen LogP contribution is -2.22. The number of hydrogen-bond acceptors (Lipinski definition) is 6. The van der Waals surface area contributed by atoms with Crippen molar-refractivity contribution in [2.45, 2.75) is 32.7 Å². The third-order valence-corrected chi connectivity index (χ3v) is 6.11. The molecule has 1 aliphatic rings. The van der Waals surface area contributed by atoms with Gasteiger partial charge in [-0.15, -0.1) is 0 Å². The van der Waals surface area contributed by atoms with E-state index in [9.17, 15) is 9.59 Å². The topological polar surface area (TPSA) is 79.1 Å². The molecule has 1 aromatic heterocycles. The molecule has 0 atom stereocenters. The van der Waals surface area contributed by atoms with Crippen molar-refractivity contribution in [2.75, 3.05) is 20.3 Å². The summed E-state index contributed by atoms with van der Waals surface area (Å²) in [6, 6.07) is 11.2. The Balaban J connectivity index is 1.75. The molecule has 0 radical (unpaired) electrons. The van der Waals surface area contributed by atoms with Crippen LogP contribution in [0, 0.1) is 0 Å². The number of methoxy groups -OCH3 is 1. The first-order chi connectivity index (χ1) is 15.1. The zero-order valence-corrected chi connectivity index (χ0v) is 18.4. The van der Waals surface area contributed by atoms with Gasteiger partial charge in [-0.1, -0.05) is 30.7 Å². The summed E-state index contributed by atoms with van der Waals surface area (Å²) in [7, 11) is 1.34. The van der Waals surface area contributed by atoms with Gasteiger partial charge in [-0.3, -0.25) is 9.59 Å². The molecule has 1 amide bonds. The lowest BCUT2D eigenvalue weighted by Gasteiger charge is -2.18. The summed E-state index contributed by atoms with van der Waals surface area (Å²) in [5.74, 6) is 0.341. The Hall–Kier alpha value is -3.13. The number of carbonyl (C=O) groups excluding carboxylic acids is 2. The number of benzene rings is 2. The van der Waals surface area contributed by atoms with E-state index in [2.05, 4.69) is 24.0 Å². The highest BCUT2D eigenvalue weighted by Gasteiger charge is 2.16. The summed E-state index contributed by atoms with van der Waals surface area (Å²) in [6.07, 6.45) is 3.22. The van der Waals surface area contributed by atoms with Crippen molar-refractivity contribution in [3.8, 4) is 11.5 Å². The minimum Gasteiger partial charge on any atom is -0.486 e. The first kappa shape index (κ1) is 21.1. The lowest BCUT2D eigenvalue weighted by atomic mass is 10.1. The molecule has 0 unspecified atom stereocenters. The minimum atomic E-state index is -0.409. The second kappa shape index (κ2) is 9.34. The molecule has 31 heavy (non-hydrogen) atoms. The Kier molecular flexibility index (Phi) is 6.36. The molecule has 1 aliphatic heterocycles.